The maximum absolute atomic E-state index is 12.9. The second-order valence-electron chi connectivity index (χ2n) is 7.21. The Labute approximate surface area is 153 Å². The summed E-state index contributed by atoms with van der Waals surface area (Å²) in [7, 11) is 1.48. The molecule has 1 fully saturated rings. The molecule has 2 atom stereocenters. The standard InChI is InChI=1S/C17H28N4O5/c1-6-13(22)20(5)10-11(19-16(25)26-17(2,3)4)15(24)21-9-7-8-12(21)14(18)23/h6,11-12H,1,7-10H2,2-5H3,(H2,18,23)(H,19,25). The number of nitrogens with two attached hydrogens (primary N) is 1. The molecule has 4 amide bonds. The van der Waals surface area contributed by atoms with Crippen molar-refractivity contribution in [3.8, 4) is 0 Å². The quantitative estimate of drug-likeness (QED) is 0.639. The Morgan fingerprint density at radius 2 is 2.00 bits per heavy atom. The maximum Gasteiger partial charge on any atom is 0.408 e. The van der Waals surface area contributed by atoms with Crippen molar-refractivity contribution in [2.45, 2.75) is 51.3 Å². The summed E-state index contributed by atoms with van der Waals surface area (Å²) in [4.78, 5) is 50.9. The summed E-state index contributed by atoms with van der Waals surface area (Å²) in [5.41, 5.74) is 4.61. The Balaban J connectivity index is 2.96. The smallest absolute Gasteiger partial charge is 0.408 e. The molecule has 0 aromatic rings. The largest absolute Gasteiger partial charge is 0.444 e. The molecule has 9 nitrogen and oxygen atoms in total. The van der Waals surface area contributed by atoms with E-state index < -0.39 is 41.5 Å². The second kappa shape index (κ2) is 8.68. The first-order valence-corrected chi connectivity index (χ1v) is 8.43. The molecule has 0 saturated carbocycles. The summed E-state index contributed by atoms with van der Waals surface area (Å²) in [6.07, 6.45) is 1.43. The Morgan fingerprint density at radius 1 is 1.38 bits per heavy atom. The van der Waals surface area contributed by atoms with E-state index in [-0.39, 0.29) is 6.54 Å². The van der Waals surface area contributed by atoms with Crippen LogP contribution in [0.2, 0.25) is 0 Å². The number of alkyl carbamates (subject to hydrolysis) is 1. The van der Waals surface area contributed by atoms with Crippen LogP contribution in [0.5, 0.6) is 0 Å². The Morgan fingerprint density at radius 3 is 2.50 bits per heavy atom. The molecule has 0 bridgehead atoms. The average molecular weight is 368 g/mol. The molecule has 9 heteroatoms. The minimum Gasteiger partial charge on any atom is -0.444 e. The first-order chi connectivity index (χ1) is 12.0. The number of amides is 4. The van der Waals surface area contributed by atoms with Crippen LogP contribution in [0.1, 0.15) is 33.6 Å². The van der Waals surface area contributed by atoms with Gasteiger partial charge in [0.05, 0.1) is 6.54 Å². The highest BCUT2D eigenvalue weighted by Crippen LogP contribution is 2.18. The maximum atomic E-state index is 12.9. The molecular weight excluding hydrogens is 340 g/mol. The van der Waals surface area contributed by atoms with Gasteiger partial charge in [-0.3, -0.25) is 14.4 Å². The molecular formula is C17H28N4O5. The SMILES string of the molecule is C=CC(=O)N(C)CC(NC(=O)OC(C)(C)C)C(=O)N1CCCC1C(N)=O. The van der Waals surface area contributed by atoms with Crippen molar-refractivity contribution in [1.82, 2.24) is 15.1 Å². The number of ether oxygens (including phenoxy) is 1. The van der Waals surface area contributed by atoms with Crippen LogP contribution in [0.3, 0.4) is 0 Å². The number of carbonyl (C=O) groups is 4. The Kier molecular flexibility index (Phi) is 7.17. The fourth-order valence-electron chi connectivity index (χ4n) is 2.68. The molecule has 0 spiro atoms. The van der Waals surface area contributed by atoms with Gasteiger partial charge in [-0.15, -0.1) is 0 Å². The summed E-state index contributed by atoms with van der Waals surface area (Å²) in [5.74, 6) is -1.48. The lowest BCUT2D eigenvalue weighted by atomic mass is 10.1. The van der Waals surface area contributed by atoms with E-state index >= 15 is 0 Å². The lowest BCUT2D eigenvalue weighted by molar-refractivity contribution is -0.140. The van der Waals surface area contributed by atoms with Gasteiger partial charge in [0.25, 0.3) is 0 Å². The zero-order valence-corrected chi connectivity index (χ0v) is 15.8. The third-order valence-electron chi connectivity index (χ3n) is 3.86. The molecule has 146 valence electrons. The molecule has 1 heterocycles. The highest BCUT2D eigenvalue weighted by Gasteiger charge is 2.37. The lowest BCUT2D eigenvalue weighted by Gasteiger charge is -2.30. The van der Waals surface area contributed by atoms with Crippen LogP contribution >= 0.6 is 0 Å². The number of nitrogens with one attached hydrogen (secondary N) is 1. The number of likely N-dealkylation sites (N-methyl/N-ethyl adjacent to an activating group) is 1. The van der Waals surface area contributed by atoms with Crippen LogP contribution < -0.4 is 11.1 Å². The van der Waals surface area contributed by atoms with E-state index in [1.165, 1.54) is 16.8 Å². The summed E-state index contributed by atoms with van der Waals surface area (Å²) in [5, 5.41) is 2.49. The number of nitrogens with zero attached hydrogens (tertiary/aromatic N) is 2. The van der Waals surface area contributed by atoms with E-state index in [1.807, 2.05) is 0 Å². The molecule has 0 radical (unpaired) electrons. The molecule has 1 saturated heterocycles. The van der Waals surface area contributed by atoms with Crippen molar-refractivity contribution >= 4 is 23.8 Å². The first kappa shape index (κ1) is 21.5. The second-order valence-corrected chi connectivity index (χ2v) is 7.21. The van der Waals surface area contributed by atoms with Crippen molar-refractivity contribution in [3.05, 3.63) is 12.7 Å². The van der Waals surface area contributed by atoms with Gasteiger partial charge in [-0.05, 0) is 39.7 Å². The lowest BCUT2D eigenvalue weighted by Crippen LogP contribution is -2.57. The van der Waals surface area contributed by atoms with Crippen LogP contribution in [0, 0.1) is 0 Å². The average Bonchev–Trinajstić information content (AvgIpc) is 3.00. The number of rotatable bonds is 6. The Bertz CT molecular complexity index is 584. The minimum absolute atomic E-state index is 0.0923. The fraction of sp³-hybridized carbons (Fsp3) is 0.647. The summed E-state index contributed by atoms with van der Waals surface area (Å²) in [6.45, 7) is 8.75. The van der Waals surface area contributed by atoms with E-state index in [2.05, 4.69) is 11.9 Å². The highest BCUT2D eigenvalue weighted by molar-refractivity contribution is 5.92. The van der Waals surface area contributed by atoms with Gasteiger partial charge in [-0.25, -0.2) is 4.79 Å². The summed E-state index contributed by atoms with van der Waals surface area (Å²) in [6, 6.07) is -1.79. The number of carbonyl (C=O) groups excluding carboxylic acids is 4. The van der Waals surface area contributed by atoms with E-state index in [9.17, 15) is 19.2 Å². The van der Waals surface area contributed by atoms with Crippen LogP contribution in [-0.4, -0.2) is 71.4 Å². The minimum atomic E-state index is -1.07. The Hall–Kier alpha value is -2.58. The molecule has 0 aromatic carbocycles. The molecule has 0 aliphatic carbocycles. The van der Waals surface area contributed by atoms with Crippen LogP contribution in [0.4, 0.5) is 4.79 Å². The number of likely N-dealkylation sites (tertiary alicyclic amines) is 1. The van der Waals surface area contributed by atoms with Crippen molar-refractivity contribution < 1.29 is 23.9 Å². The molecule has 1 aliphatic heterocycles. The topological polar surface area (TPSA) is 122 Å². The third-order valence-corrected chi connectivity index (χ3v) is 3.86. The van der Waals surface area contributed by atoms with Crippen molar-refractivity contribution in [1.29, 1.82) is 0 Å². The van der Waals surface area contributed by atoms with Crippen molar-refractivity contribution in [2.24, 2.45) is 5.73 Å². The highest BCUT2D eigenvalue weighted by atomic mass is 16.6. The van der Waals surface area contributed by atoms with E-state index in [4.69, 9.17) is 10.5 Å². The van der Waals surface area contributed by atoms with Crippen molar-refractivity contribution in [3.63, 3.8) is 0 Å². The number of hydrogen-bond donors (Lipinski definition) is 2. The predicted molar refractivity (Wildman–Crippen MR) is 94.9 cm³/mol. The van der Waals surface area contributed by atoms with Crippen molar-refractivity contribution in [2.75, 3.05) is 20.1 Å². The van der Waals surface area contributed by atoms with Gasteiger partial charge in [-0.2, -0.15) is 0 Å². The van der Waals surface area contributed by atoms with Crippen LogP contribution in [0.25, 0.3) is 0 Å². The summed E-state index contributed by atoms with van der Waals surface area (Å²) >= 11 is 0. The number of primary amides is 1. The number of hydrogen-bond acceptors (Lipinski definition) is 5. The zero-order valence-electron chi connectivity index (χ0n) is 15.8. The molecule has 1 aliphatic rings. The van der Waals surface area contributed by atoms with E-state index in [0.717, 1.165) is 6.08 Å². The summed E-state index contributed by atoms with van der Waals surface area (Å²) < 4.78 is 5.19. The third kappa shape index (κ3) is 6.05. The van der Waals surface area contributed by atoms with Gasteiger partial charge in [0, 0.05) is 13.6 Å². The fourth-order valence-corrected chi connectivity index (χ4v) is 2.68. The van der Waals surface area contributed by atoms with Gasteiger partial charge in [0.15, 0.2) is 0 Å². The first-order valence-electron chi connectivity index (χ1n) is 8.43. The van der Waals surface area contributed by atoms with Gasteiger partial charge in [0.2, 0.25) is 17.7 Å². The van der Waals surface area contributed by atoms with Gasteiger partial charge in [-0.1, -0.05) is 6.58 Å². The van der Waals surface area contributed by atoms with Gasteiger partial charge >= 0.3 is 6.09 Å². The van der Waals surface area contributed by atoms with Gasteiger partial charge < -0.3 is 25.6 Å². The normalized spacial score (nSPS) is 18.0. The van der Waals surface area contributed by atoms with E-state index in [0.29, 0.717) is 19.4 Å². The molecule has 0 aromatic heterocycles. The molecule has 2 unspecified atom stereocenters. The monoisotopic (exact) mass is 368 g/mol. The zero-order chi connectivity index (χ0) is 20.1. The van der Waals surface area contributed by atoms with Gasteiger partial charge in [0.1, 0.15) is 17.7 Å². The van der Waals surface area contributed by atoms with E-state index in [1.54, 1.807) is 20.8 Å². The molecule has 1 rings (SSSR count). The van der Waals surface area contributed by atoms with Crippen LogP contribution in [-0.2, 0) is 19.1 Å². The predicted octanol–water partition coefficient (Wildman–Crippen LogP) is 0.000400. The molecule has 26 heavy (non-hydrogen) atoms. The van der Waals surface area contributed by atoms with Crippen LogP contribution in [0.15, 0.2) is 12.7 Å². The molecule has 3 N–H and O–H groups in total.